The van der Waals surface area contributed by atoms with E-state index >= 15 is 0 Å². The van der Waals surface area contributed by atoms with Gasteiger partial charge in [-0.05, 0) is 42.7 Å². The Hall–Kier alpha value is -2.00. The van der Waals surface area contributed by atoms with Crippen LogP contribution in [-0.2, 0) is 15.1 Å². The molecule has 1 heterocycles. The van der Waals surface area contributed by atoms with Gasteiger partial charge in [0.1, 0.15) is 5.69 Å². The number of hydrogen-bond donors (Lipinski definition) is 2. The Morgan fingerprint density at radius 3 is 2.68 bits per heavy atom. The lowest BCUT2D eigenvalue weighted by Crippen LogP contribution is -2.49. The quantitative estimate of drug-likeness (QED) is 0.488. The van der Waals surface area contributed by atoms with Gasteiger partial charge in [-0.1, -0.05) is 39.7 Å². The Balaban J connectivity index is 1.74. The Kier molecular flexibility index (Phi) is 6.66. The SMILES string of the molecule is O=C(CNC1(c2cccc(Br)c2)CCOCC1)Nc1ccc(Cl)cc1[N+](=O)[O-]. The van der Waals surface area contributed by atoms with Gasteiger partial charge in [-0.25, -0.2) is 0 Å². The lowest BCUT2D eigenvalue weighted by atomic mass is 9.82. The van der Waals surface area contributed by atoms with Gasteiger partial charge in [0, 0.05) is 34.3 Å². The van der Waals surface area contributed by atoms with Gasteiger partial charge >= 0.3 is 0 Å². The number of halogens is 2. The Morgan fingerprint density at radius 1 is 1.25 bits per heavy atom. The summed E-state index contributed by atoms with van der Waals surface area (Å²) in [6.45, 7) is 1.18. The van der Waals surface area contributed by atoms with Crippen molar-refractivity contribution < 1.29 is 14.5 Å². The van der Waals surface area contributed by atoms with Crippen LogP contribution in [0.25, 0.3) is 0 Å². The van der Waals surface area contributed by atoms with Crippen molar-refractivity contribution in [3.63, 3.8) is 0 Å². The summed E-state index contributed by atoms with van der Waals surface area (Å²) in [6, 6.07) is 12.1. The monoisotopic (exact) mass is 467 g/mol. The number of nitro benzene ring substituents is 1. The molecule has 1 saturated heterocycles. The third-order valence-electron chi connectivity index (χ3n) is 4.74. The normalized spacial score (nSPS) is 15.8. The fourth-order valence-electron chi connectivity index (χ4n) is 3.28. The summed E-state index contributed by atoms with van der Waals surface area (Å²) in [5, 5.41) is 17.4. The molecular weight excluding hydrogens is 450 g/mol. The van der Waals surface area contributed by atoms with Crippen LogP contribution in [0.3, 0.4) is 0 Å². The molecule has 7 nitrogen and oxygen atoms in total. The van der Waals surface area contributed by atoms with Crippen molar-refractivity contribution in [2.45, 2.75) is 18.4 Å². The average Bonchev–Trinajstić information content (AvgIpc) is 2.68. The smallest absolute Gasteiger partial charge is 0.294 e. The van der Waals surface area contributed by atoms with E-state index in [0.717, 1.165) is 22.9 Å². The summed E-state index contributed by atoms with van der Waals surface area (Å²) >= 11 is 9.31. The highest BCUT2D eigenvalue weighted by molar-refractivity contribution is 9.10. The van der Waals surface area contributed by atoms with Gasteiger partial charge in [0.15, 0.2) is 0 Å². The molecular formula is C19H19BrClN3O4. The zero-order valence-electron chi connectivity index (χ0n) is 14.9. The van der Waals surface area contributed by atoms with Crippen molar-refractivity contribution in [2.75, 3.05) is 25.1 Å². The Morgan fingerprint density at radius 2 is 2.00 bits per heavy atom. The summed E-state index contributed by atoms with van der Waals surface area (Å²) in [4.78, 5) is 23.1. The van der Waals surface area contributed by atoms with Gasteiger partial charge in [-0.3, -0.25) is 20.2 Å². The minimum atomic E-state index is -0.573. The van der Waals surface area contributed by atoms with E-state index in [1.54, 1.807) is 0 Å². The number of carbonyl (C=O) groups excluding carboxylic acids is 1. The first-order chi connectivity index (χ1) is 13.4. The maximum Gasteiger partial charge on any atom is 0.294 e. The molecule has 2 aromatic carbocycles. The number of hydrogen-bond acceptors (Lipinski definition) is 5. The highest BCUT2D eigenvalue weighted by Crippen LogP contribution is 2.33. The van der Waals surface area contributed by atoms with Crippen LogP contribution in [0.15, 0.2) is 46.9 Å². The van der Waals surface area contributed by atoms with E-state index in [0.29, 0.717) is 13.2 Å². The second-order valence-electron chi connectivity index (χ2n) is 6.53. The number of amides is 1. The molecule has 2 aromatic rings. The van der Waals surface area contributed by atoms with Crippen molar-refractivity contribution in [3.8, 4) is 0 Å². The first-order valence-electron chi connectivity index (χ1n) is 8.72. The van der Waals surface area contributed by atoms with Crippen molar-refractivity contribution in [1.29, 1.82) is 0 Å². The lowest BCUT2D eigenvalue weighted by Gasteiger charge is -2.38. The minimum absolute atomic E-state index is 0.00624. The predicted octanol–water partition coefficient (Wildman–Crippen LogP) is 4.24. The third-order valence-corrected chi connectivity index (χ3v) is 5.47. The Labute approximate surface area is 175 Å². The van der Waals surface area contributed by atoms with Crippen molar-refractivity contribution in [3.05, 3.63) is 67.6 Å². The maximum atomic E-state index is 12.5. The second-order valence-corrected chi connectivity index (χ2v) is 7.88. The number of benzene rings is 2. The first-order valence-corrected chi connectivity index (χ1v) is 9.89. The van der Waals surface area contributed by atoms with Crippen molar-refractivity contribution in [2.24, 2.45) is 0 Å². The van der Waals surface area contributed by atoms with E-state index in [9.17, 15) is 14.9 Å². The number of nitro groups is 1. The molecule has 1 aliphatic rings. The van der Waals surface area contributed by atoms with Crippen LogP contribution < -0.4 is 10.6 Å². The topological polar surface area (TPSA) is 93.5 Å². The zero-order valence-corrected chi connectivity index (χ0v) is 17.3. The fourth-order valence-corrected chi connectivity index (χ4v) is 3.84. The number of rotatable bonds is 6. The van der Waals surface area contributed by atoms with Gasteiger partial charge in [-0.15, -0.1) is 0 Å². The molecule has 2 N–H and O–H groups in total. The van der Waals surface area contributed by atoms with Crippen LogP contribution in [0.5, 0.6) is 0 Å². The van der Waals surface area contributed by atoms with Crippen LogP contribution in [0, 0.1) is 10.1 Å². The summed E-state index contributed by atoms with van der Waals surface area (Å²) in [5.41, 5.74) is 0.541. The van der Waals surface area contributed by atoms with Gasteiger partial charge in [0.05, 0.1) is 11.5 Å². The number of ether oxygens (including phenoxy) is 1. The first kappa shape index (κ1) is 20.7. The third kappa shape index (κ3) is 4.88. The van der Waals surface area contributed by atoms with E-state index in [1.165, 1.54) is 18.2 Å². The van der Waals surface area contributed by atoms with Crippen molar-refractivity contribution >= 4 is 44.8 Å². The zero-order chi connectivity index (χ0) is 20.1. The van der Waals surface area contributed by atoms with Gasteiger partial charge in [0.2, 0.25) is 5.91 Å². The predicted molar refractivity (Wildman–Crippen MR) is 111 cm³/mol. The molecule has 0 aliphatic carbocycles. The number of nitrogens with one attached hydrogen (secondary N) is 2. The molecule has 148 valence electrons. The number of anilines is 1. The van der Waals surface area contributed by atoms with Crippen LogP contribution in [0.2, 0.25) is 5.02 Å². The molecule has 0 saturated carbocycles. The largest absolute Gasteiger partial charge is 0.381 e. The van der Waals surface area contributed by atoms with Crippen LogP contribution in [0.1, 0.15) is 18.4 Å². The van der Waals surface area contributed by atoms with E-state index < -0.39 is 10.5 Å². The summed E-state index contributed by atoms with van der Waals surface area (Å²) in [6.07, 6.45) is 1.44. The van der Waals surface area contributed by atoms with Crippen LogP contribution >= 0.6 is 27.5 Å². The standard InChI is InChI=1S/C19H19BrClN3O4/c20-14-3-1-2-13(10-14)19(6-8-28-9-7-19)22-12-18(25)23-16-5-4-15(21)11-17(16)24(26)27/h1-5,10-11,22H,6-9,12H2,(H,23,25). The molecule has 0 atom stereocenters. The van der Waals surface area contributed by atoms with Crippen LogP contribution in [0.4, 0.5) is 11.4 Å². The molecule has 0 bridgehead atoms. The minimum Gasteiger partial charge on any atom is -0.381 e. The molecule has 9 heteroatoms. The molecule has 1 fully saturated rings. The van der Waals surface area contributed by atoms with E-state index in [-0.39, 0.29) is 28.8 Å². The number of carbonyl (C=O) groups is 1. The number of nitrogens with zero attached hydrogens (tertiary/aromatic N) is 1. The van der Waals surface area contributed by atoms with E-state index in [4.69, 9.17) is 16.3 Å². The fraction of sp³-hybridized carbons (Fsp3) is 0.316. The summed E-state index contributed by atoms with van der Waals surface area (Å²) < 4.78 is 6.45. The van der Waals surface area contributed by atoms with Crippen LogP contribution in [-0.4, -0.2) is 30.6 Å². The van der Waals surface area contributed by atoms with E-state index in [1.807, 2.05) is 24.3 Å². The molecule has 1 aliphatic heterocycles. The average molecular weight is 469 g/mol. The molecule has 3 rings (SSSR count). The highest BCUT2D eigenvalue weighted by atomic mass is 79.9. The van der Waals surface area contributed by atoms with Gasteiger partial charge < -0.3 is 10.1 Å². The van der Waals surface area contributed by atoms with Gasteiger partial charge in [0.25, 0.3) is 5.69 Å². The van der Waals surface area contributed by atoms with Crippen molar-refractivity contribution in [1.82, 2.24) is 5.32 Å². The Bertz CT molecular complexity index is 887. The van der Waals surface area contributed by atoms with E-state index in [2.05, 4.69) is 26.6 Å². The summed E-state index contributed by atoms with van der Waals surface area (Å²) in [7, 11) is 0. The summed E-state index contributed by atoms with van der Waals surface area (Å²) in [5.74, 6) is -0.369. The molecule has 0 radical (unpaired) electrons. The molecule has 0 unspecified atom stereocenters. The second kappa shape index (κ2) is 9.00. The lowest BCUT2D eigenvalue weighted by molar-refractivity contribution is -0.383. The molecule has 0 spiro atoms. The molecule has 1 amide bonds. The molecule has 28 heavy (non-hydrogen) atoms. The highest BCUT2D eigenvalue weighted by Gasteiger charge is 2.34. The van der Waals surface area contributed by atoms with Gasteiger partial charge in [-0.2, -0.15) is 0 Å². The maximum absolute atomic E-state index is 12.5. The molecule has 0 aromatic heterocycles.